The lowest BCUT2D eigenvalue weighted by atomic mass is 9.63. The highest BCUT2D eigenvalue weighted by Gasteiger charge is 2.45. The minimum absolute atomic E-state index is 0.0134. The number of ether oxygens (including phenoxy) is 4. The summed E-state index contributed by atoms with van der Waals surface area (Å²) >= 11 is 0. The average molecular weight is 716 g/mol. The second-order valence-electron chi connectivity index (χ2n) is 14.6. The van der Waals surface area contributed by atoms with Gasteiger partial charge in [-0.05, 0) is 121 Å². The second kappa shape index (κ2) is 13.4. The van der Waals surface area contributed by atoms with Gasteiger partial charge in [0.1, 0.15) is 29.5 Å². The van der Waals surface area contributed by atoms with Crippen molar-refractivity contribution in [2.45, 2.75) is 55.8 Å². The molecule has 10 heteroatoms. The number of rotatable bonds is 9. The maximum Gasteiger partial charge on any atom is 0.160 e. The number of phenolic OH excluding ortho intramolecular Hbond substituents is 2. The monoisotopic (exact) mass is 715 g/mol. The molecule has 5 atom stereocenters. The van der Waals surface area contributed by atoms with Crippen molar-refractivity contribution in [3.63, 3.8) is 0 Å². The summed E-state index contributed by atoms with van der Waals surface area (Å²) in [5.41, 5.74) is 11.7. The highest BCUT2D eigenvalue weighted by molar-refractivity contribution is 5.90. The number of nitrogens with one attached hydrogen (secondary N) is 3. The SMILES string of the molecule is CNCO[C@@H]1Cc2c3c(c4c(c2O[C@@H]1c1ccc(O)c(OC)c1)CC[C@H](CO)O4)-c1ccc(O)c2c1[C@H](C3)[C@@H](c1ccc3[nH]ccc3c1)C(CNC)=C2. The summed E-state index contributed by atoms with van der Waals surface area (Å²) in [7, 11) is 5.37. The van der Waals surface area contributed by atoms with Crippen LogP contribution in [0.2, 0.25) is 0 Å². The number of aliphatic hydroxyl groups is 1. The maximum atomic E-state index is 11.4. The molecule has 2 aliphatic heterocycles. The molecule has 0 bridgehead atoms. The van der Waals surface area contributed by atoms with Crippen molar-refractivity contribution in [1.29, 1.82) is 0 Å². The van der Waals surface area contributed by atoms with E-state index in [1.807, 2.05) is 44.6 Å². The first-order chi connectivity index (χ1) is 25.9. The van der Waals surface area contributed by atoms with Crippen LogP contribution < -0.4 is 24.8 Å². The summed E-state index contributed by atoms with van der Waals surface area (Å²) in [5, 5.41) is 39.9. The highest BCUT2D eigenvalue weighted by Crippen LogP contribution is 2.60. The zero-order valence-corrected chi connectivity index (χ0v) is 30.2. The Hall–Kier alpha value is -5.00. The molecule has 4 aliphatic rings. The van der Waals surface area contributed by atoms with Crippen LogP contribution in [0.4, 0.5) is 0 Å². The number of likely N-dealkylation sites (N-methyl/N-ethyl adjacent to an activating group) is 1. The number of benzene rings is 4. The Kier molecular flexibility index (Phi) is 8.58. The van der Waals surface area contributed by atoms with Gasteiger partial charge in [-0.25, -0.2) is 0 Å². The maximum absolute atomic E-state index is 11.4. The van der Waals surface area contributed by atoms with Crippen LogP contribution in [0.5, 0.6) is 28.7 Å². The van der Waals surface area contributed by atoms with Crippen LogP contribution in [0, 0.1) is 0 Å². The summed E-state index contributed by atoms with van der Waals surface area (Å²) in [6, 6.07) is 18.0. The number of fused-ring (bicyclic) bond motifs is 8. The van der Waals surface area contributed by atoms with Crippen LogP contribution >= 0.6 is 0 Å². The lowest BCUT2D eigenvalue weighted by molar-refractivity contribution is -0.0436. The average Bonchev–Trinajstić information content (AvgIpc) is 3.66. The van der Waals surface area contributed by atoms with Gasteiger partial charge in [0.05, 0.1) is 20.4 Å². The third-order valence-corrected chi connectivity index (χ3v) is 11.7. The Morgan fingerprint density at radius 2 is 1.74 bits per heavy atom. The molecule has 0 radical (unpaired) electrons. The van der Waals surface area contributed by atoms with E-state index in [4.69, 9.17) is 18.9 Å². The number of hydrogen-bond donors (Lipinski definition) is 6. The van der Waals surface area contributed by atoms with Crippen LogP contribution in [-0.2, 0) is 24.0 Å². The van der Waals surface area contributed by atoms with Crippen molar-refractivity contribution in [2.24, 2.45) is 0 Å². The molecule has 0 fully saturated rings. The van der Waals surface area contributed by atoms with Crippen LogP contribution in [0.1, 0.15) is 63.3 Å². The van der Waals surface area contributed by atoms with E-state index < -0.39 is 6.10 Å². The van der Waals surface area contributed by atoms with Gasteiger partial charge in [-0.1, -0.05) is 18.2 Å². The third kappa shape index (κ3) is 5.46. The van der Waals surface area contributed by atoms with Crippen LogP contribution in [-0.4, -0.2) is 73.6 Å². The fourth-order valence-electron chi connectivity index (χ4n) is 9.36. The molecular formula is C43H45N3O7. The van der Waals surface area contributed by atoms with Crippen molar-refractivity contribution in [3.05, 3.63) is 105 Å². The van der Waals surface area contributed by atoms with E-state index in [2.05, 4.69) is 46.0 Å². The molecule has 0 saturated carbocycles. The first-order valence-electron chi connectivity index (χ1n) is 18.5. The Bertz CT molecular complexity index is 2260. The number of H-pyrrole nitrogens is 1. The topological polar surface area (TPSA) is 137 Å². The Morgan fingerprint density at radius 1 is 0.887 bits per heavy atom. The molecule has 0 spiro atoms. The fourth-order valence-corrected chi connectivity index (χ4v) is 9.36. The molecular weight excluding hydrogens is 670 g/mol. The largest absolute Gasteiger partial charge is 0.507 e. The standard InChI is InChI=1S/C43H45N3O7/c1-44-19-25-15-31-34(48)11-8-27-39(31)32(38(25)23-4-9-33-22(14-23)12-13-46-33)17-29-30-18-37(51-21-45-2)41(24-5-10-35(49)36(16-24)50-3)53-42(30)28-7-6-26(20-47)52-43(28)40(27)29/h4-5,8-16,26,32,37-38,41,44-49H,6-7,17-21H2,1-3H3/t26-,32-,37-,38+,41-/m1/s1. The molecule has 0 unspecified atom stereocenters. The number of aromatic amines is 1. The summed E-state index contributed by atoms with van der Waals surface area (Å²) in [4.78, 5) is 3.34. The molecule has 6 N–H and O–H groups in total. The molecule has 4 aromatic carbocycles. The van der Waals surface area contributed by atoms with Crippen molar-refractivity contribution in [3.8, 4) is 39.9 Å². The molecule has 5 aromatic rings. The number of phenols is 2. The van der Waals surface area contributed by atoms with Gasteiger partial charge in [0.2, 0.25) is 0 Å². The van der Waals surface area contributed by atoms with Gasteiger partial charge in [-0.3, -0.25) is 5.32 Å². The van der Waals surface area contributed by atoms with Gasteiger partial charge in [0.15, 0.2) is 17.6 Å². The lowest BCUT2D eigenvalue weighted by Crippen LogP contribution is -2.38. The predicted octanol–water partition coefficient (Wildman–Crippen LogP) is 6.22. The van der Waals surface area contributed by atoms with Crippen LogP contribution in [0.25, 0.3) is 28.1 Å². The minimum atomic E-state index is -0.483. The van der Waals surface area contributed by atoms with Gasteiger partial charge in [0, 0.05) is 52.9 Å². The van der Waals surface area contributed by atoms with Gasteiger partial charge >= 0.3 is 0 Å². The Morgan fingerprint density at radius 3 is 2.55 bits per heavy atom. The molecule has 10 nitrogen and oxygen atoms in total. The Balaban J connectivity index is 1.27. The zero-order chi connectivity index (χ0) is 36.4. The normalized spacial score (nSPS) is 22.5. The van der Waals surface area contributed by atoms with Gasteiger partial charge in [-0.15, -0.1) is 0 Å². The van der Waals surface area contributed by atoms with Crippen LogP contribution in [0.3, 0.4) is 0 Å². The van der Waals surface area contributed by atoms with Crippen molar-refractivity contribution in [1.82, 2.24) is 15.6 Å². The van der Waals surface area contributed by atoms with E-state index in [1.54, 1.807) is 6.07 Å². The van der Waals surface area contributed by atoms with E-state index in [-0.39, 0.29) is 42.1 Å². The summed E-state index contributed by atoms with van der Waals surface area (Å²) in [6.07, 6.45) is 5.61. The van der Waals surface area contributed by atoms with Crippen molar-refractivity contribution < 1.29 is 34.3 Å². The molecule has 53 heavy (non-hydrogen) atoms. The van der Waals surface area contributed by atoms with Crippen molar-refractivity contribution >= 4 is 17.0 Å². The summed E-state index contributed by atoms with van der Waals surface area (Å²) in [5.74, 6) is 2.31. The quantitative estimate of drug-likeness (QED) is 0.0984. The first kappa shape index (κ1) is 33.8. The number of aromatic nitrogens is 1. The van der Waals surface area contributed by atoms with Gasteiger partial charge in [-0.2, -0.15) is 0 Å². The number of hydrogen-bond acceptors (Lipinski definition) is 9. The van der Waals surface area contributed by atoms with E-state index >= 15 is 0 Å². The first-order valence-corrected chi connectivity index (χ1v) is 18.5. The van der Waals surface area contributed by atoms with Gasteiger partial charge < -0.3 is 44.6 Å². The molecule has 0 saturated heterocycles. The lowest BCUT2D eigenvalue weighted by Gasteiger charge is -2.44. The van der Waals surface area contributed by atoms with Crippen molar-refractivity contribution in [2.75, 3.05) is 41.1 Å². The molecule has 274 valence electrons. The number of aromatic hydroxyl groups is 2. The minimum Gasteiger partial charge on any atom is -0.507 e. The zero-order valence-electron chi connectivity index (χ0n) is 30.2. The number of aliphatic hydroxyl groups excluding tert-OH is 1. The van der Waals surface area contributed by atoms with E-state index in [0.717, 1.165) is 66.9 Å². The van der Waals surface area contributed by atoms with E-state index in [0.29, 0.717) is 44.7 Å². The number of methoxy groups -OCH3 is 1. The molecule has 1 aromatic heterocycles. The Labute approximate surface area is 308 Å². The molecule has 3 heterocycles. The summed E-state index contributed by atoms with van der Waals surface area (Å²) < 4.78 is 25.9. The van der Waals surface area contributed by atoms with E-state index in [1.165, 1.54) is 18.2 Å². The molecule has 9 rings (SSSR count). The third-order valence-electron chi connectivity index (χ3n) is 11.7. The highest BCUT2D eigenvalue weighted by atomic mass is 16.6. The van der Waals surface area contributed by atoms with Crippen LogP contribution in [0.15, 0.2) is 66.4 Å². The molecule has 2 aliphatic carbocycles. The smallest absolute Gasteiger partial charge is 0.160 e. The predicted molar refractivity (Wildman–Crippen MR) is 203 cm³/mol. The summed E-state index contributed by atoms with van der Waals surface area (Å²) in [6.45, 7) is 0.921. The molecule has 0 amide bonds. The fraction of sp³-hybridized carbons (Fsp3) is 0.349. The second-order valence-corrected chi connectivity index (χ2v) is 14.6. The van der Waals surface area contributed by atoms with E-state index in [9.17, 15) is 15.3 Å². The van der Waals surface area contributed by atoms with Gasteiger partial charge in [0.25, 0.3) is 0 Å².